The molecule has 1 heterocycles. The maximum atomic E-state index is 6.01. The highest BCUT2D eigenvalue weighted by Gasteiger charge is 2.19. The number of hydrogen-bond acceptors (Lipinski definition) is 4. The summed E-state index contributed by atoms with van der Waals surface area (Å²) in [5, 5.41) is 7.21. The number of halogens is 1. The molecular formula is C16H21ClN4. The highest BCUT2D eigenvalue weighted by molar-refractivity contribution is 6.30. The lowest BCUT2D eigenvalue weighted by molar-refractivity contribution is 0.547. The predicted molar refractivity (Wildman–Crippen MR) is 89.6 cm³/mol. The van der Waals surface area contributed by atoms with Crippen LogP contribution in [0.4, 0.5) is 17.3 Å². The zero-order valence-electron chi connectivity index (χ0n) is 12.9. The number of aromatic nitrogens is 2. The monoisotopic (exact) mass is 304 g/mol. The Morgan fingerprint density at radius 1 is 1.10 bits per heavy atom. The van der Waals surface area contributed by atoms with Crippen molar-refractivity contribution in [3.8, 4) is 0 Å². The molecule has 0 bridgehead atoms. The third kappa shape index (κ3) is 4.33. The van der Waals surface area contributed by atoms with E-state index in [0.29, 0.717) is 5.02 Å². The van der Waals surface area contributed by atoms with Gasteiger partial charge in [0.2, 0.25) is 0 Å². The summed E-state index contributed by atoms with van der Waals surface area (Å²) in [6, 6.07) is 9.48. The third-order valence-corrected chi connectivity index (χ3v) is 3.09. The Bertz CT molecular complexity index is 620. The van der Waals surface area contributed by atoms with E-state index in [1.165, 1.54) is 0 Å². The number of anilines is 3. The molecule has 0 aliphatic heterocycles. The van der Waals surface area contributed by atoms with Crippen LogP contribution in [0.2, 0.25) is 5.02 Å². The lowest BCUT2D eigenvalue weighted by atomic mass is 9.96. The van der Waals surface area contributed by atoms with Crippen molar-refractivity contribution in [2.24, 2.45) is 0 Å². The Kier molecular flexibility index (Phi) is 4.68. The molecular weight excluding hydrogens is 284 g/mol. The molecule has 1 aromatic heterocycles. The van der Waals surface area contributed by atoms with E-state index in [1.54, 1.807) is 0 Å². The molecule has 2 N–H and O–H groups in total. The lowest BCUT2D eigenvalue weighted by Crippen LogP contribution is -2.18. The fraction of sp³-hybridized carbons (Fsp3) is 0.375. The second kappa shape index (κ2) is 6.31. The maximum Gasteiger partial charge on any atom is 0.138 e. The van der Waals surface area contributed by atoms with Crippen molar-refractivity contribution in [3.05, 3.63) is 41.2 Å². The van der Waals surface area contributed by atoms with Crippen LogP contribution in [0.15, 0.2) is 30.3 Å². The van der Waals surface area contributed by atoms with Crippen LogP contribution in [0, 0.1) is 0 Å². The molecule has 0 fully saturated rings. The third-order valence-electron chi connectivity index (χ3n) is 2.85. The molecule has 2 aromatic rings. The van der Waals surface area contributed by atoms with Crippen molar-refractivity contribution in [3.63, 3.8) is 0 Å². The summed E-state index contributed by atoms with van der Waals surface area (Å²) in [6.07, 6.45) is 0. The summed E-state index contributed by atoms with van der Waals surface area (Å²) in [5.74, 6) is 2.38. The van der Waals surface area contributed by atoms with E-state index < -0.39 is 0 Å². The average Bonchev–Trinajstić information content (AvgIpc) is 2.37. The molecule has 4 nitrogen and oxygen atoms in total. The topological polar surface area (TPSA) is 49.8 Å². The molecule has 2 rings (SSSR count). The Balaban J connectivity index is 2.35. The second-order valence-electron chi connectivity index (χ2n) is 5.88. The van der Waals surface area contributed by atoms with E-state index in [-0.39, 0.29) is 5.41 Å². The number of benzene rings is 1. The maximum absolute atomic E-state index is 6.01. The number of nitrogens with one attached hydrogen (secondary N) is 2. The van der Waals surface area contributed by atoms with Gasteiger partial charge in [-0.1, -0.05) is 38.4 Å². The van der Waals surface area contributed by atoms with E-state index in [1.807, 2.05) is 37.3 Å². The second-order valence-corrected chi connectivity index (χ2v) is 6.31. The molecule has 112 valence electrons. The smallest absolute Gasteiger partial charge is 0.138 e. The van der Waals surface area contributed by atoms with Gasteiger partial charge in [-0.15, -0.1) is 0 Å². The molecule has 1 aromatic carbocycles. The average molecular weight is 305 g/mol. The van der Waals surface area contributed by atoms with Crippen LogP contribution in [0.3, 0.4) is 0 Å². The molecule has 0 spiro atoms. The minimum absolute atomic E-state index is 0.115. The van der Waals surface area contributed by atoms with Gasteiger partial charge in [0.05, 0.1) is 0 Å². The summed E-state index contributed by atoms with van der Waals surface area (Å²) in [4.78, 5) is 9.17. The van der Waals surface area contributed by atoms with Gasteiger partial charge < -0.3 is 10.6 Å². The van der Waals surface area contributed by atoms with Gasteiger partial charge in [0, 0.05) is 28.7 Å². The predicted octanol–water partition coefficient (Wildman–Crippen LogP) is 4.60. The number of rotatable bonds is 4. The molecule has 0 unspecified atom stereocenters. The fourth-order valence-electron chi connectivity index (χ4n) is 1.83. The quantitative estimate of drug-likeness (QED) is 0.866. The van der Waals surface area contributed by atoms with Gasteiger partial charge in [0.15, 0.2) is 0 Å². The highest BCUT2D eigenvalue weighted by Crippen LogP contribution is 2.25. The van der Waals surface area contributed by atoms with Crippen LogP contribution in [-0.2, 0) is 5.41 Å². The summed E-state index contributed by atoms with van der Waals surface area (Å²) in [5.41, 5.74) is 0.791. The number of nitrogens with zero attached hydrogens (tertiary/aromatic N) is 2. The van der Waals surface area contributed by atoms with Crippen LogP contribution in [-0.4, -0.2) is 16.5 Å². The van der Waals surface area contributed by atoms with Gasteiger partial charge >= 0.3 is 0 Å². The Morgan fingerprint density at radius 2 is 1.81 bits per heavy atom. The first-order chi connectivity index (χ1) is 9.88. The standard InChI is InChI=1S/C16H21ClN4/c1-5-18-13-10-14(21-15(20-13)16(2,3)4)19-12-8-6-7-11(17)9-12/h6-10H,5H2,1-4H3,(H2,18,19,20,21). The first-order valence-corrected chi connectivity index (χ1v) is 7.42. The zero-order valence-corrected chi connectivity index (χ0v) is 13.6. The SMILES string of the molecule is CCNc1cc(Nc2cccc(Cl)c2)nc(C(C)(C)C)n1. The van der Waals surface area contributed by atoms with Gasteiger partial charge in [-0.3, -0.25) is 0 Å². The molecule has 0 amide bonds. The van der Waals surface area contributed by atoms with Gasteiger partial charge in [-0.05, 0) is 25.1 Å². The molecule has 0 atom stereocenters. The normalized spacial score (nSPS) is 11.3. The summed E-state index contributed by atoms with van der Waals surface area (Å²) >= 11 is 6.01. The largest absolute Gasteiger partial charge is 0.370 e. The van der Waals surface area contributed by atoms with Crippen molar-refractivity contribution in [2.45, 2.75) is 33.1 Å². The zero-order chi connectivity index (χ0) is 15.5. The van der Waals surface area contributed by atoms with Crippen molar-refractivity contribution in [1.29, 1.82) is 0 Å². The molecule has 0 saturated heterocycles. The summed E-state index contributed by atoms with van der Waals surface area (Å²) in [6.45, 7) is 9.16. The molecule has 5 heteroatoms. The van der Waals surface area contributed by atoms with Crippen LogP contribution in [0.25, 0.3) is 0 Å². The summed E-state index contributed by atoms with van der Waals surface area (Å²) in [7, 11) is 0. The lowest BCUT2D eigenvalue weighted by Gasteiger charge is -2.19. The van der Waals surface area contributed by atoms with Gasteiger partial charge in [0.1, 0.15) is 17.5 Å². The number of hydrogen-bond donors (Lipinski definition) is 2. The van der Waals surface area contributed by atoms with Gasteiger partial charge in [-0.2, -0.15) is 0 Å². The fourth-order valence-corrected chi connectivity index (χ4v) is 2.02. The minimum Gasteiger partial charge on any atom is -0.370 e. The van der Waals surface area contributed by atoms with E-state index in [2.05, 4.69) is 41.4 Å². The van der Waals surface area contributed by atoms with E-state index in [0.717, 1.165) is 29.7 Å². The van der Waals surface area contributed by atoms with Crippen molar-refractivity contribution in [1.82, 2.24) is 9.97 Å². The molecule has 0 aliphatic carbocycles. The van der Waals surface area contributed by atoms with E-state index in [4.69, 9.17) is 11.6 Å². The van der Waals surface area contributed by atoms with Crippen LogP contribution >= 0.6 is 11.6 Å². The van der Waals surface area contributed by atoms with Crippen LogP contribution < -0.4 is 10.6 Å². The molecule has 0 saturated carbocycles. The first kappa shape index (κ1) is 15.6. The minimum atomic E-state index is -0.115. The highest BCUT2D eigenvalue weighted by atomic mass is 35.5. The Morgan fingerprint density at radius 3 is 2.43 bits per heavy atom. The summed E-state index contributed by atoms with van der Waals surface area (Å²) < 4.78 is 0. The Labute approximate surface area is 131 Å². The van der Waals surface area contributed by atoms with Crippen molar-refractivity contribution < 1.29 is 0 Å². The van der Waals surface area contributed by atoms with Crippen molar-refractivity contribution in [2.75, 3.05) is 17.2 Å². The first-order valence-electron chi connectivity index (χ1n) is 7.04. The van der Waals surface area contributed by atoms with Crippen LogP contribution in [0.5, 0.6) is 0 Å². The Hall–Kier alpha value is -1.81. The van der Waals surface area contributed by atoms with E-state index in [9.17, 15) is 0 Å². The molecule has 0 radical (unpaired) electrons. The van der Waals surface area contributed by atoms with E-state index >= 15 is 0 Å². The van der Waals surface area contributed by atoms with Crippen molar-refractivity contribution >= 4 is 28.9 Å². The molecule has 21 heavy (non-hydrogen) atoms. The van der Waals surface area contributed by atoms with Gasteiger partial charge in [-0.25, -0.2) is 9.97 Å². The van der Waals surface area contributed by atoms with Gasteiger partial charge in [0.25, 0.3) is 0 Å². The van der Waals surface area contributed by atoms with Crippen LogP contribution in [0.1, 0.15) is 33.5 Å². The molecule has 0 aliphatic rings.